The molecular formula is C13H18. The average Bonchev–Trinajstić information content (AvgIpc) is 2.18. The minimum atomic E-state index is 0.660. The lowest BCUT2D eigenvalue weighted by atomic mass is 9.93. The minimum absolute atomic E-state index is 0.660. The second-order valence-corrected chi connectivity index (χ2v) is 3.44. The van der Waals surface area contributed by atoms with Gasteiger partial charge in [-0.25, -0.2) is 0 Å². The van der Waals surface area contributed by atoms with Gasteiger partial charge in [-0.2, -0.15) is 0 Å². The van der Waals surface area contributed by atoms with E-state index in [1.807, 2.05) is 0 Å². The summed E-state index contributed by atoms with van der Waals surface area (Å²) in [5, 5.41) is 0. The molecule has 0 aliphatic rings. The van der Waals surface area contributed by atoms with Crippen LogP contribution in [0.4, 0.5) is 0 Å². The van der Waals surface area contributed by atoms with Crippen molar-refractivity contribution in [3.8, 4) is 0 Å². The molecule has 0 fully saturated rings. The predicted octanol–water partition coefficient (Wildman–Crippen LogP) is 4.23. The van der Waals surface area contributed by atoms with Gasteiger partial charge in [-0.15, -0.1) is 0 Å². The van der Waals surface area contributed by atoms with Gasteiger partial charge in [0, 0.05) is 0 Å². The van der Waals surface area contributed by atoms with Gasteiger partial charge in [-0.05, 0) is 30.4 Å². The van der Waals surface area contributed by atoms with Crippen LogP contribution in [0, 0.1) is 0 Å². The van der Waals surface area contributed by atoms with E-state index < -0.39 is 0 Å². The highest BCUT2D eigenvalue weighted by Crippen LogP contribution is 2.23. The molecule has 0 nitrogen and oxygen atoms in total. The topological polar surface area (TPSA) is 0 Å². The van der Waals surface area contributed by atoms with Gasteiger partial charge in [0.1, 0.15) is 0 Å². The predicted molar refractivity (Wildman–Crippen MR) is 59.9 cm³/mol. The van der Waals surface area contributed by atoms with Crippen molar-refractivity contribution in [1.82, 2.24) is 0 Å². The first-order chi connectivity index (χ1) is 6.29. The Hall–Kier alpha value is -1.04. The van der Waals surface area contributed by atoms with Gasteiger partial charge >= 0.3 is 0 Å². The van der Waals surface area contributed by atoms with Crippen molar-refractivity contribution in [3.63, 3.8) is 0 Å². The van der Waals surface area contributed by atoms with Crippen LogP contribution in [0.25, 0.3) is 6.08 Å². The van der Waals surface area contributed by atoms with Crippen molar-refractivity contribution >= 4 is 6.08 Å². The Labute approximate surface area is 81.3 Å². The van der Waals surface area contributed by atoms with Crippen LogP contribution < -0.4 is 0 Å². The summed E-state index contributed by atoms with van der Waals surface area (Å²) >= 11 is 0. The second-order valence-electron chi connectivity index (χ2n) is 3.44. The Bertz CT molecular complexity index is 284. The molecule has 0 aliphatic carbocycles. The normalized spacial score (nSPS) is 13.5. The molecule has 0 spiro atoms. The van der Waals surface area contributed by atoms with Crippen LogP contribution in [-0.4, -0.2) is 0 Å². The Balaban J connectivity index is 3.04. The summed E-state index contributed by atoms with van der Waals surface area (Å²) < 4.78 is 0. The third kappa shape index (κ3) is 2.45. The number of hydrogen-bond acceptors (Lipinski definition) is 0. The molecule has 0 aliphatic heterocycles. The molecule has 70 valence electrons. The third-order valence-electron chi connectivity index (χ3n) is 2.49. The molecule has 0 heteroatoms. The minimum Gasteiger partial charge on any atom is -0.0871 e. The van der Waals surface area contributed by atoms with Crippen molar-refractivity contribution in [2.45, 2.75) is 33.1 Å². The highest BCUT2D eigenvalue weighted by Gasteiger charge is 2.05. The van der Waals surface area contributed by atoms with Gasteiger partial charge in [-0.1, -0.05) is 50.3 Å². The lowest BCUT2D eigenvalue weighted by molar-refractivity contribution is 0.732. The Kier molecular flexibility index (Phi) is 3.75. The van der Waals surface area contributed by atoms with E-state index in [-0.39, 0.29) is 0 Å². The second kappa shape index (κ2) is 4.86. The van der Waals surface area contributed by atoms with Gasteiger partial charge in [0.05, 0.1) is 0 Å². The standard InChI is InChI=1S/C13H18/c1-4-8-12-9-6-7-10-13(12)11(3)5-2/h4,6-11H,5H2,1-3H3/b8-4+. The van der Waals surface area contributed by atoms with Crippen LogP contribution in [0.15, 0.2) is 30.3 Å². The van der Waals surface area contributed by atoms with Crippen molar-refractivity contribution < 1.29 is 0 Å². The molecule has 0 heterocycles. The van der Waals surface area contributed by atoms with Crippen molar-refractivity contribution in [2.24, 2.45) is 0 Å². The summed E-state index contributed by atoms with van der Waals surface area (Å²) in [6, 6.07) is 8.63. The summed E-state index contributed by atoms with van der Waals surface area (Å²) in [4.78, 5) is 0. The molecule has 0 bridgehead atoms. The lowest BCUT2D eigenvalue weighted by Gasteiger charge is -2.11. The zero-order valence-electron chi connectivity index (χ0n) is 8.75. The van der Waals surface area contributed by atoms with Crippen LogP contribution in [0.3, 0.4) is 0 Å². The summed E-state index contributed by atoms with van der Waals surface area (Å²) in [6.45, 7) is 6.58. The van der Waals surface area contributed by atoms with E-state index in [0.717, 1.165) is 0 Å². The van der Waals surface area contributed by atoms with Crippen molar-refractivity contribution in [1.29, 1.82) is 0 Å². The van der Waals surface area contributed by atoms with E-state index in [9.17, 15) is 0 Å². The molecule has 0 radical (unpaired) electrons. The largest absolute Gasteiger partial charge is 0.0871 e. The first-order valence-corrected chi connectivity index (χ1v) is 5.01. The molecule has 0 amide bonds. The van der Waals surface area contributed by atoms with E-state index in [2.05, 4.69) is 57.2 Å². The zero-order valence-corrected chi connectivity index (χ0v) is 8.75. The summed E-state index contributed by atoms with van der Waals surface area (Å²) in [5.41, 5.74) is 2.82. The molecule has 0 N–H and O–H groups in total. The van der Waals surface area contributed by atoms with Crippen LogP contribution in [0.2, 0.25) is 0 Å². The maximum absolute atomic E-state index is 2.28. The fourth-order valence-corrected chi connectivity index (χ4v) is 1.51. The number of benzene rings is 1. The van der Waals surface area contributed by atoms with Crippen LogP contribution in [-0.2, 0) is 0 Å². The van der Waals surface area contributed by atoms with E-state index in [0.29, 0.717) is 5.92 Å². The van der Waals surface area contributed by atoms with Gasteiger partial charge in [0.15, 0.2) is 0 Å². The number of rotatable bonds is 3. The molecule has 0 saturated carbocycles. The fourth-order valence-electron chi connectivity index (χ4n) is 1.51. The molecule has 0 saturated heterocycles. The van der Waals surface area contributed by atoms with E-state index >= 15 is 0 Å². The SMILES string of the molecule is C/C=C/c1ccccc1C(C)CC. The van der Waals surface area contributed by atoms with E-state index in [4.69, 9.17) is 0 Å². The van der Waals surface area contributed by atoms with Gasteiger partial charge in [0.2, 0.25) is 0 Å². The first-order valence-electron chi connectivity index (χ1n) is 5.01. The highest BCUT2D eigenvalue weighted by molar-refractivity contribution is 5.54. The van der Waals surface area contributed by atoms with Crippen LogP contribution in [0.1, 0.15) is 44.2 Å². The van der Waals surface area contributed by atoms with Gasteiger partial charge in [-0.3, -0.25) is 0 Å². The summed E-state index contributed by atoms with van der Waals surface area (Å²) in [7, 11) is 0. The quantitative estimate of drug-likeness (QED) is 0.643. The van der Waals surface area contributed by atoms with Crippen LogP contribution in [0.5, 0.6) is 0 Å². The number of allylic oxidation sites excluding steroid dienone is 1. The monoisotopic (exact) mass is 174 g/mol. The molecule has 13 heavy (non-hydrogen) atoms. The van der Waals surface area contributed by atoms with Gasteiger partial charge < -0.3 is 0 Å². The highest BCUT2D eigenvalue weighted by atomic mass is 14.1. The lowest BCUT2D eigenvalue weighted by Crippen LogP contribution is -1.93. The van der Waals surface area contributed by atoms with Gasteiger partial charge in [0.25, 0.3) is 0 Å². The molecule has 1 unspecified atom stereocenters. The Morgan fingerprint density at radius 2 is 2.00 bits per heavy atom. The molecule has 1 rings (SSSR count). The molecule has 1 atom stereocenters. The van der Waals surface area contributed by atoms with E-state index in [1.165, 1.54) is 17.5 Å². The van der Waals surface area contributed by atoms with Crippen molar-refractivity contribution in [3.05, 3.63) is 41.5 Å². The first kappa shape index (κ1) is 10.0. The maximum Gasteiger partial charge on any atom is -0.0187 e. The zero-order chi connectivity index (χ0) is 9.68. The summed E-state index contributed by atoms with van der Waals surface area (Å²) in [6.07, 6.45) is 5.48. The molecule has 1 aromatic rings. The Morgan fingerprint density at radius 3 is 2.62 bits per heavy atom. The van der Waals surface area contributed by atoms with E-state index in [1.54, 1.807) is 0 Å². The van der Waals surface area contributed by atoms with Crippen LogP contribution >= 0.6 is 0 Å². The number of hydrogen-bond donors (Lipinski definition) is 0. The smallest absolute Gasteiger partial charge is 0.0187 e. The third-order valence-corrected chi connectivity index (χ3v) is 2.49. The summed E-state index contributed by atoms with van der Waals surface area (Å²) in [5.74, 6) is 0.660. The Morgan fingerprint density at radius 1 is 1.31 bits per heavy atom. The van der Waals surface area contributed by atoms with Crippen molar-refractivity contribution in [2.75, 3.05) is 0 Å². The maximum atomic E-state index is 2.28. The fraction of sp³-hybridized carbons (Fsp3) is 0.385. The molecule has 1 aromatic carbocycles. The molecular weight excluding hydrogens is 156 g/mol. The average molecular weight is 174 g/mol. The molecule has 0 aromatic heterocycles.